The fraction of sp³-hybridized carbons (Fsp3) is 0.471. The van der Waals surface area contributed by atoms with Gasteiger partial charge in [-0.05, 0) is 43.0 Å². The molecular weight excluding hydrogens is 264 g/mol. The van der Waals surface area contributed by atoms with E-state index in [2.05, 4.69) is 24.1 Å². The van der Waals surface area contributed by atoms with E-state index in [0.29, 0.717) is 6.54 Å². The number of carbonyl (C=O) groups excluding carboxylic acids is 1. The zero-order chi connectivity index (χ0) is 15.2. The lowest BCUT2D eigenvalue weighted by atomic mass is 10.0. The van der Waals surface area contributed by atoms with Crippen molar-refractivity contribution in [1.29, 1.82) is 0 Å². The Labute approximate surface area is 125 Å². The fourth-order valence-electron chi connectivity index (χ4n) is 2.62. The van der Waals surface area contributed by atoms with E-state index in [0.717, 1.165) is 35.9 Å². The van der Waals surface area contributed by atoms with Crippen LogP contribution >= 0.6 is 0 Å². The van der Waals surface area contributed by atoms with Crippen molar-refractivity contribution in [2.45, 2.75) is 33.1 Å². The molecule has 2 aromatic rings. The van der Waals surface area contributed by atoms with Crippen LogP contribution in [-0.2, 0) is 11.2 Å². The van der Waals surface area contributed by atoms with Crippen molar-refractivity contribution in [3.05, 3.63) is 30.0 Å². The molecule has 0 aliphatic rings. The number of benzene rings is 1. The van der Waals surface area contributed by atoms with Crippen LogP contribution in [0.3, 0.4) is 0 Å². The Hall–Kier alpha value is -1.97. The molecule has 1 aromatic carbocycles. The number of H-pyrrole nitrogens is 1. The first-order valence-electron chi connectivity index (χ1n) is 7.61. The van der Waals surface area contributed by atoms with Gasteiger partial charge in [0, 0.05) is 29.6 Å². The molecule has 0 unspecified atom stereocenters. The van der Waals surface area contributed by atoms with Gasteiger partial charge < -0.3 is 15.0 Å². The third-order valence-corrected chi connectivity index (χ3v) is 4.02. The van der Waals surface area contributed by atoms with Crippen LogP contribution in [0.4, 0.5) is 0 Å². The molecule has 4 nitrogen and oxygen atoms in total. The summed E-state index contributed by atoms with van der Waals surface area (Å²) in [7, 11) is 1.67. The molecule has 0 spiro atoms. The fourth-order valence-corrected chi connectivity index (χ4v) is 2.62. The molecule has 0 aliphatic carbocycles. The number of nitrogens with one attached hydrogen (secondary N) is 2. The van der Waals surface area contributed by atoms with Crippen LogP contribution in [0.2, 0.25) is 0 Å². The molecule has 0 saturated carbocycles. The van der Waals surface area contributed by atoms with E-state index in [1.165, 1.54) is 5.56 Å². The van der Waals surface area contributed by atoms with Crippen molar-refractivity contribution in [3.8, 4) is 5.75 Å². The van der Waals surface area contributed by atoms with Crippen molar-refractivity contribution in [1.82, 2.24) is 10.3 Å². The van der Waals surface area contributed by atoms with E-state index < -0.39 is 0 Å². The minimum Gasteiger partial charge on any atom is -0.497 e. The molecule has 0 atom stereocenters. The maximum absolute atomic E-state index is 12.0. The Morgan fingerprint density at radius 1 is 1.33 bits per heavy atom. The first-order chi connectivity index (χ1) is 10.2. The molecule has 2 N–H and O–H groups in total. The second-order valence-electron chi connectivity index (χ2n) is 5.28. The molecule has 114 valence electrons. The van der Waals surface area contributed by atoms with Gasteiger partial charge in [-0.2, -0.15) is 0 Å². The van der Waals surface area contributed by atoms with Gasteiger partial charge in [-0.1, -0.05) is 13.8 Å². The van der Waals surface area contributed by atoms with Crippen LogP contribution in [0.15, 0.2) is 24.4 Å². The minimum absolute atomic E-state index is 0.132. The first kappa shape index (κ1) is 15.4. The smallest absolute Gasteiger partial charge is 0.223 e. The van der Waals surface area contributed by atoms with Gasteiger partial charge in [0.15, 0.2) is 0 Å². The number of rotatable bonds is 7. The summed E-state index contributed by atoms with van der Waals surface area (Å²) in [5.41, 5.74) is 2.30. The summed E-state index contributed by atoms with van der Waals surface area (Å²) < 4.78 is 5.27. The topological polar surface area (TPSA) is 54.1 Å². The molecule has 2 rings (SSSR count). The van der Waals surface area contributed by atoms with E-state index in [4.69, 9.17) is 4.74 Å². The average Bonchev–Trinajstić information content (AvgIpc) is 2.91. The van der Waals surface area contributed by atoms with Crippen LogP contribution in [0.5, 0.6) is 5.75 Å². The maximum atomic E-state index is 12.0. The standard InChI is InChI=1S/C17H24N2O2/c1-4-12(5-2)17(20)18-9-8-13-11-19-16-7-6-14(21-3)10-15(13)16/h6-7,10-12,19H,4-5,8-9H2,1-3H3,(H,18,20). The Morgan fingerprint density at radius 3 is 2.76 bits per heavy atom. The third-order valence-electron chi connectivity index (χ3n) is 4.02. The zero-order valence-corrected chi connectivity index (χ0v) is 13.0. The molecule has 0 saturated heterocycles. The number of hydrogen-bond donors (Lipinski definition) is 2. The van der Waals surface area contributed by atoms with Crippen molar-refractivity contribution in [2.24, 2.45) is 5.92 Å². The van der Waals surface area contributed by atoms with Gasteiger partial charge in [0.1, 0.15) is 5.75 Å². The average molecular weight is 288 g/mol. The number of amides is 1. The van der Waals surface area contributed by atoms with E-state index in [9.17, 15) is 4.79 Å². The zero-order valence-electron chi connectivity index (χ0n) is 13.0. The second kappa shape index (κ2) is 7.16. The van der Waals surface area contributed by atoms with Gasteiger partial charge in [0.25, 0.3) is 0 Å². The molecule has 21 heavy (non-hydrogen) atoms. The highest BCUT2D eigenvalue weighted by atomic mass is 16.5. The largest absolute Gasteiger partial charge is 0.497 e. The Morgan fingerprint density at radius 2 is 2.10 bits per heavy atom. The molecular formula is C17H24N2O2. The summed E-state index contributed by atoms with van der Waals surface area (Å²) in [6, 6.07) is 5.99. The summed E-state index contributed by atoms with van der Waals surface area (Å²) in [6.45, 7) is 4.78. The summed E-state index contributed by atoms with van der Waals surface area (Å²) in [4.78, 5) is 15.2. The van der Waals surface area contributed by atoms with E-state index in [-0.39, 0.29) is 11.8 Å². The van der Waals surface area contributed by atoms with Crippen LogP contribution < -0.4 is 10.1 Å². The predicted molar refractivity (Wildman–Crippen MR) is 85.6 cm³/mol. The van der Waals surface area contributed by atoms with Crippen molar-refractivity contribution in [3.63, 3.8) is 0 Å². The van der Waals surface area contributed by atoms with Gasteiger partial charge in [0.2, 0.25) is 5.91 Å². The van der Waals surface area contributed by atoms with Gasteiger partial charge in [-0.25, -0.2) is 0 Å². The van der Waals surface area contributed by atoms with Gasteiger partial charge >= 0.3 is 0 Å². The lowest BCUT2D eigenvalue weighted by Crippen LogP contribution is -2.31. The predicted octanol–water partition coefficient (Wildman–Crippen LogP) is 3.27. The van der Waals surface area contributed by atoms with Crippen LogP contribution in [-0.4, -0.2) is 24.5 Å². The minimum atomic E-state index is 0.132. The Kier molecular flexibility index (Phi) is 5.26. The van der Waals surface area contributed by atoms with Crippen LogP contribution in [0.25, 0.3) is 10.9 Å². The van der Waals surface area contributed by atoms with Gasteiger partial charge in [-0.3, -0.25) is 4.79 Å². The summed E-state index contributed by atoms with van der Waals surface area (Å²) in [6.07, 6.45) is 4.62. The quantitative estimate of drug-likeness (QED) is 0.821. The SMILES string of the molecule is CCC(CC)C(=O)NCCc1c[nH]c2ccc(OC)cc12. The molecule has 1 aromatic heterocycles. The summed E-state index contributed by atoms with van der Waals surface area (Å²) >= 11 is 0. The molecule has 0 bridgehead atoms. The Balaban J connectivity index is 1.99. The van der Waals surface area contributed by atoms with Crippen LogP contribution in [0, 0.1) is 5.92 Å². The summed E-state index contributed by atoms with van der Waals surface area (Å²) in [5.74, 6) is 1.15. The monoisotopic (exact) mass is 288 g/mol. The molecule has 4 heteroatoms. The van der Waals surface area contributed by atoms with Crippen molar-refractivity contribution >= 4 is 16.8 Å². The second-order valence-corrected chi connectivity index (χ2v) is 5.28. The third kappa shape index (κ3) is 3.57. The van der Waals surface area contributed by atoms with E-state index >= 15 is 0 Å². The number of aromatic amines is 1. The van der Waals surface area contributed by atoms with E-state index in [1.54, 1.807) is 7.11 Å². The number of fused-ring (bicyclic) bond motifs is 1. The number of ether oxygens (including phenoxy) is 1. The lowest BCUT2D eigenvalue weighted by Gasteiger charge is -2.12. The van der Waals surface area contributed by atoms with Crippen molar-refractivity contribution in [2.75, 3.05) is 13.7 Å². The molecule has 0 radical (unpaired) electrons. The first-order valence-corrected chi connectivity index (χ1v) is 7.61. The molecule has 1 heterocycles. The normalized spacial score (nSPS) is 11.0. The van der Waals surface area contributed by atoms with Gasteiger partial charge in [0.05, 0.1) is 7.11 Å². The number of aromatic nitrogens is 1. The number of carbonyl (C=O) groups is 1. The molecule has 0 fully saturated rings. The highest BCUT2D eigenvalue weighted by Gasteiger charge is 2.13. The number of hydrogen-bond acceptors (Lipinski definition) is 2. The van der Waals surface area contributed by atoms with Crippen molar-refractivity contribution < 1.29 is 9.53 Å². The molecule has 1 amide bonds. The highest BCUT2D eigenvalue weighted by Crippen LogP contribution is 2.23. The van der Waals surface area contributed by atoms with Crippen LogP contribution in [0.1, 0.15) is 32.3 Å². The highest BCUT2D eigenvalue weighted by molar-refractivity contribution is 5.84. The molecule has 0 aliphatic heterocycles. The lowest BCUT2D eigenvalue weighted by molar-refractivity contribution is -0.125. The Bertz CT molecular complexity index is 600. The van der Waals surface area contributed by atoms with E-state index in [1.807, 2.05) is 24.4 Å². The number of methoxy groups -OCH3 is 1. The summed E-state index contributed by atoms with van der Waals surface area (Å²) in [5, 5.41) is 4.19. The maximum Gasteiger partial charge on any atom is 0.223 e. The van der Waals surface area contributed by atoms with Gasteiger partial charge in [-0.15, -0.1) is 0 Å².